The third-order valence-electron chi connectivity index (χ3n) is 4.41. The molecule has 0 saturated carbocycles. The van der Waals surface area contributed by atoms with Gasteiger partial charge in [-0.3, -0.25) is 0 Å². The first-order valence-electron chi connectivity index (χ1n) is 10.1. The maximum absolute atomic E-state index is 2.30. The Hall–Kier alpha value is 1.35. The van der Waals surface area contributed by atoms with E-state index in [0.29, 0.717) is 0 Å². The molecule has 0 aromatic carbocycles. The zero-order valence-corrected chi connectivity index (χ0v) is 18.4. The van der Waals surface area contributed by atoms with Crippen LogP contribution in [0, 0.1) is 36.7 Å². The van der Waals surface area contributed by atoms with Crippen molar-refractivity contribution < 1.29 is 36.7 Å². The van der Waals surface area contributed by atoms with Crippen LogP contribution >= 0.6 is 0 Å². The summed E-state index contributed by atoms with van der Waals surface area (Å²) < 4.78 is 3.37. The van der Waals surface area contributed by atoms with E-state index in [1.807, 2.05) is 0 Å². The summed E-state index contributed by atoms with van der Waals surface area (Å²) in [6, 6.07) is 0. The van der Waals surface area contributed by atoms with Crippen molar-refractivity contribution in [1.29, 1.82) is 0 Å². The van der Waals surface area contributed by atoms with Crippen LogP contribution in [-0.4, -0.2) is 0 Å². The predicted octanol–water partition coefficient (Wildman–Crippen LogP) is 8.19. The number of hydrogen-bond acceptors (Lipinski definition) is 0. The van der Waals surface area contributed by atoms with E-state index >= 15 is 0 Å². The number of rotatable bonds is 18. The molecule has 0 saturated heterocycles. The molecule has 0 aromatic heterocycles. The van der Waals surface area contributed by atoms with Crippen LogP contribution in [-0.2, 0) is 0 Å². The third-order valence-corrected chi connectivity index (χ3v) is 8.95. The van der Waals surface area contributed by atoms with Gasteiger partial charge in [-0.15, -0.1) is 0 Å². The summed E-state index contributed by atoms with van der Waals surface area (Å²) in [5.74, 6) is 0. The van der Waals surface area contributed by atoms with Gasteiger partial charge in [0.05, 0.1) is 0 Å². The molecule has 1 heteroatoms. The molecule has 0 heterocycles. The molecule has 0 unspecified atom stereocenters. The van der Waals surface area contributed by atoms with Crippen molar-refractivity contribution in [3.05, 3.63) is 0 Å². The molecule has 0 bridgehead atoms. The standard InChI is InChI=1S/2C10H21.Nd/c2*1-3-5-7-9-10-8-6-4-2;/h2*1,3-10H2,2H3;. The Bertz CT molecular complexity index is 149. The second-order valence-corrected chi connectivity index (χ2v) is 11.5. The van der Waals surface area contributed by atoms with E-state index in [1.54, 1.807) is 17.0 Å². The van der Waals surface area contributed by atoms with Crippen molar-refractivity contribution in [3.63, 3.8) is 0 Å². The number of unbranched alkanes of at least 4 members (excludes halogenated alkanes) is 14. The molecule has 0 radical (unpaired) electrons. The van der Waals surface area contributed by atoms with Crippen LogP contribution in [0.15, 0.2) is 0 Å². The van der Waals surface area contributed by atoms with Gasteiger partial charge in [-0.25, -0.2) is 0 Å². The quantitative estimate of drug-likeness (QED) is 0.194. The molecule has 0 aromatic rings. The first-order chi connectivity index (χ1) is 10.4. The molecule has 0 fully saturated rings. The van der Waals surface area contributed by atoms with Crippen LogP contribution in [0.25, 0.3) is 0 Å². The molecule has 0 nitrogen and oxygen atoms in total. The number of hydrogen-bond donors (Lipinski definition) is 0. The average Bonchev–Trinajstić information content (AvgIpc) is 2.50. The fourth-order valence-electron chi connectivity index (χ4n) is 2.89. The van der Waals surface area contributed by atoms with Gasteiger partial charge >= 0.3 is 157 Å². The summed E-state index contributed by atoms with van der Waals surface area (Å²) in [6.45, 7) is 4.61. The van der Waals surface area contributed by atoms with Gasteiger partial charge in [0.15, 0.2) is 0 Å². The summed E-state index contributed by atoms with van der Waals surface area (Å²) in [5, 5.41) is 0. The molecule has 0 rings (SSSR count). The molecule has 0 aliphatic heterocycles. The molecular weight excluding hydrogens is 384 g/mol. The van der Waals surface area contributed by atoms with Crippen LogP contribution < -0.4 is 0 Å². The summed E-state index contributed by atoms with van der Waals surface area (Å²) in [7, 11) is 0. The van der Waals surface area contributed by atoms with Crippen LogP contribution in [0.2, 0.25) is 4.14 Å². The summed E-state index contributed by atoms with van der Waals surface area (Å²) >= 11 is -0.154. The molecule has 126 valence electrons. The second kappa shape index (κ2) is 21.4. The van der Waals surface area contributed by atoms with E-state index in [-0.39, 0.29) is 36.7 Å². The average molecular weight is 427 g/mol. The van der Waals surface area contributed by atoms with E-state index < -0.39 is 0 Å². The third kappa shape index (κ3) is 21.4. The molecular formula is C20H42Nd. The summed E-state index contributed by atoms with van der Waals surface area (Å²) in [5.41, 5.74) is 0. The van der Waals surface area contributed by atoms with Gasteiger partial charge in [0.2, 0.25) is 0 Å². The maximum atomic E-state index is 2.30. The van der Waals surface area contributed by atoms with Gasteiger partial charge in [0.1, 0.15) is 0 Å². The van der Waals surface area contributed by atoms with Crippen molar-refractivity contribution in [2.45, 2.75) is 121 Å². The van der Waals surface area contributed by atoms with E-state index in [2.05, 4.69) is 13.8 Å². The van der Waals surface area contributed by atoms with E-state index in [4.69, 9.17) is 0 Å². The fourth-order valence-corrected chi connectivity index (χ4v) is 6.90. The van der Waals surface area contributed by atoms with Gasteiger partial charge in [0.25, 0.3) is 0 Å². The van der Waals surface area contributed by atoms with Crippen molar-refractivity contribution in [2.24, 2.45) is 0 Å². The van der Waals surface area contributed by atoms with Crippen LogP contribution in [0.1, 0.15) is 117 Å². The Labute approximate surface area is 156 Å². The monoisotopic (exact) mass is 424 g/mol. The Kier molecular flexibility index (Phi) is 22.7. The van der Waals surface area contributed by atoms with Crippen molar-refractivity contribution >= 4 is 0 Å². The van der Waals surface area contributed by atoms with Gasteiger partial charge in [-0.1, -0.05) is 0 Å². The van der Waals surface area contributed by atoms with Crippen molar-refractivity contribution in [1.82, 2.24) is 0 Å². The first kappa shape index (κ1) is 22.4. The van der Waals surface area contributed by atoms with Crippen molar-refractivity contribution in [3.8, 4) is 0 Å². The Morgan fingerprint density at radius 3 is 1.00 bits per heavy atom. The van der Waals surface area contributed by atoms with E-state index in [1.165, 1.54) is 89.9 Å². The molecule has 0 aliphatic rings. The summed E-state index contributed by atoms with van der Waals surface area (Å²) in [4.78, 5) is 0. The van der Waals surface area contributed by atoms with E-state index in [0.717, 1.165) is 0 Å². The topological polar surface area (TPSA) is 0 Å². The zero-order chi connectivity index (χ0) is 15.4. The molecule has 0 atom stereocenters. The van der Waals surface area contributed by atoms with Gasteiger partial charge in [-0.2, -0.15) is 0 Å². The minimum absolute atomic E-state index is 0.154. The molecule has 0 N–H and O–H groups in total. The van der Waals surface area contributed by atoms with Gasteiger partial charge in [-0.05, 0) is 0 Å². The normalized spacial score (nSPS) is 11.0. The van der Waals surface area contributed by atoms with Crippen LogP contribution in [0.4, 0.5) is 0 Å². The molecule has 0 amide bonds. The SMILES string of the molecule is CCCCCCCCC[CH2][Nd][CH2]CCCCCCCCC. The predicted molar refractivity (Wildman–Crippen MR) is 94.8 cm³/mol. The molecule has 0 aliphatic carbocycles. The zero-order valence-electron chi connectivity index (χ0n) is 15.2. The minimum atomic E-state index is -0.154. The van der Waals surface area contributed by atoms with Gasteiger partial charge in [0, 0.05) is 0 Å². The molecule has 21 heavy (non-hydrogen) atoms. The first-order valence-corrected chi connectivity index (χ1v) is 14.7. The Morgan fingerprint density at radius 2 is 0.667 bits per heavy atom. The molecule has 0 spiro atoms. The fraction of sp³-hybridized carbons (Fsp3) is 1.00. The van der Waals surface area contributed by atoms with Crippen LogP contribution in [0.5, 0.6) is 0 Å². The Morgan fingerprint density at radius 1 is 0.381 bits per heavy atom. The van der Waals surface area contributed by atoms with Gasteiger partial charge < -0.3 is 0 Å². The second-order valence-electron chi connectivity index (χ2n) is 6.70. The van der Waals surface area contributed by atoms with Crippen LogP contribution in [0.3, 0.4) is 0 Å². The summed E-state index contributed by atoms with van der Waals surface area (Å²) in [6.07, 6.45) is 23.9. The Balaban J connectivity index is 2.90. The van der Waals surface area contributed by atoms with E-state index in [9.17, 15) is 0 Å². The van der Waals surface area contributed by atoms with Crippen molar-refractivity contribution in [2.75, 3.05) is 0 Å².